The Bertz CT molecular complexity index is 1080. The molecular formula is C23H24N4O5. The molecule has 0 bridgehead atoms. The molecule has 9 nitrogen and oxygen atoms in total. The van der Waals surface area contributed by atoms with Gasteiger partial charge in [0.15, 0.2) is 0 Å². The highest BCUT2D eigenvalue weighted by molar-refractivity contribution is 6.05. The van der Waals surface area contributed by atoms with Gasteiger partial charge in [0.25, 0.3) is 5.91 Å². The first-order valence-electron chi connectivity index (χ1n) is 10.3. The number of hydrogen-bond acceptors (Lipinski definition) is 5. The first kappa shape index (κ1) is 21.4. The van der Waals surface area contributed by atoms with Crippen LogP contribution in [0.3, 0.4) is 0 Å². The van der Waals surface area contributed by atoms with Crippen molar-refractivity contribution in [3.05, 3.63) is 59.2 Å². The Hall–Kier alpha value is -3.88. The van der Waals surface area contributed by atoms with Crippen molar-refractivity contribution in [2.75, 3.05) is 19.5 Å². The van der Waals surface area contributed by atoms with Gasteiger partial charge in [0.05, 0.1) is 7.11 Å². The Labute approximate surface area is 185 Å². The summed E-state index contributed by atoms with van der Waals surface area (Å²) in [6, 6.07) is 11.4. The molecule has 5 amide bonds. The molecule has 2 aromatic rings. The topological polar surface area (TPSA) is 108 Å². The van der Waals surface area contributed by atoms with Gasteiger partial charge in [-0.3, -0.25) is 19.7 Å². The molecular weight excluding hydrogens is 412 g/mol. The number of fused-ring (bicyclic) bond motifs is 1. The summed E-state index contributed by atoms with van der Waals surface area (Å²) in [7, 11) is 3.25. The lowest BCUT2D eigenvalue weighted by Gasteiger charge is -2.29. The van der Waals surface area contributed by atoms with Gasteiger partial charge < -0.3 is 19.9 Å². The minimum atomic E-state index is -0.670. The first-order chi connectivity index (χ1) is 15.4. The third-order valence-electron chi connectivity index (χ3n) is 5.77. The number of amides is 5. The lowest BCUT2D eigenvalue weighted by atomic mass is 10.0. The average molecular weight is 436 g/mol. The van der Waals surface area contributed by atoms with E-state index in [1.165, 1.54) is 9.80 Å². The zero-order valence-corrected chi connectivity index (χ0v) is 17.9. The monoisotopic (exact) mass is 436 g/mol. The highest BCUT2D eigenvalue weighted by atomic mass is 16.5. The van der Waals surface area contributed by atoms with Crippen LogP contribution in [0.2, 0.25) is 0 Å². The van der Waals surface area contributed by atoms with Gasteiger partial charge in [0.2, 0.25) is 11.8 Å². The number of nitrogens with one attached hydrogen (secondary N) is 2. The number of ether oxygens (including phenoxy) is 1. The molecule has 0 aliphatic carbocycles. The molecule has 166 valence electrons. The number of methoxy groups -OCH3 is 1. The number of carbonyl (C=O) groups excluding carboxylic acids is 4. The molecule has 0 spiro atoms. The van der Waals surface area contributed by atoms with Gasteiger partial charge in [-0.15, -0.1) is 0 Å². The molecule has 2 aliphatic heterocycles. The van der Waals surface area contributed by atoms with Gasteiger partial charge in [0, 0.05) is 37.8 Å². The zero-order chi connectivity index (χ0) is 22.8. The maximum atomic E-state index is 12.9. The van der Waals surface area contributed by atoms with Crippen molar-refractivity contribution in [3.8, 4) is 5.75 Å². The second-order valence-corrected chi connectivity index (χ2v) is 7.86. The van der Waals surface area contributed by atoms with E-state index in [-0.39, 0.29) is 30.8 Å². The van der Waals surface area contributed by atoms with Crippen LogP contribution in [0.5, 0.6) is 5.75 Å². The molecule has 0 aromatic heterocycles. The van der Waals surface area contributed by atoms with Crippen LogP contribution in [-0.4, -0.2) is 53.8 Å². The quantitative estimate of drug-likeness (QED) is 0.698. The standard InChI is InChI=1S/C23H24N4O5/c1-26(23(31)24-15-6-8-16(32-2)9-7-15)12-14-4-3-5-17-18(14)13-27(22(17)30)19-10-11-20(28)25-21(19)29/h3-9,19H,10-13H2,1-2H3,(H,24,31)(H,25,28,29). The number of nitrogens with zero attached hydrogens (tertiary/aromatic N) is 2. The summed E-state index contributed by atoms with van der Waals surface area (Å²) in [5.74, 6) is -0.302. The molecule has 1 unspecified atom stereocenters. The summed E-state index contributed by atoms with van der Waals surface area (Å²) >= 11 is 0. The molecule has 1 fully saturated rings. The van der Waals surface area contributed by atoms with Gasteiger partial charge in [0.1, 0.15) is 11.8 Å². The maximum Gasteiger partial charge on any atom is 0.321 e. The van der Waals surface area contributed by atoms with Gasteiger partial charge in [-0.05, 0) is 47.9 Å². The fourth-order valence-electron chi connectivity index (χ4n) is 4.02. The third-order valence-corrected chi connectivity index (χ3v) is 5.77. The molecule has 0 radical (unpaired) electrons. The number of anilines is 1. The Morgan fingerprint density at radius 2 is 1.94 bits per heavy atom. The van der Waals surface area contributed by atoms with Crippen LogP contribution < -0.4 is 15.4 Å². The second-order valence-electron chi connectivity index (χ2n) is 7.86. The molecule has 9 heteroatoms. The number of imide groups is 1. The van der Waals surface area contributed by atoms with Crippen LogP contribution in [0, 0.1) is 0 Å². The predicted octanol–water partition coefficient (Wildman–Crippen LogP) is 2.12. The van der Waals surface area contributed by atoms with E-state index in [1.54, 1.807) is 50.6 Å². The Balaban J connectivity index is 1.46. The molecule has 0 saturated carbocycles. The lowest BCUT2D eigenvalue weighted by Crippen LogP contribution is -2.52. The number of piperidine rings is 1. The Morgan fingerprint density at radius 3 is 2.62 bits per heavy atom. The fourth-order valence-corrected chi connectivity index (χ4v) is 4.02. The van der Waals surface area contributed by atoms with Gasteiger partial charge in [-0.2, -0.15) is 0 Å². The van der Waals surface area contributed by atoms with Crippen molar-refractivity contribution < 1.29 is 23.9 Å². The molecule has 1 atom stereocenters. The van der Waals surface area contributed by atoms with Gasteiger partial charge in [-0.1, -0.05) is 12.1 Å². The van der Waals surface area contributed by atoms with Crippen LogP contribution in [0.25, 0.3) is 0 Å². The summed E-state index contributed by atoms with van der Waals surface area (Å²) in [5.41, 5.74) is 2.79. The SMILES string of the molecule is COc1ccc(NC(=O)N(C)Cc2cccc3c2CN(C2CCC(=O)NC2=O)C3=O)cc1. The van der Waals surface area contributed by atoms with E-state index in [4.69, 9.17) is 4.74 Å². The summed E-state index contributed by atoms with van der Waals surface area (Å²) in [6.07, 6.45) is 0.515. The lowest BCUT2D eigenvalue weighted by molar-refractivity contribution is -0.136. The van der Waals surface area contributed by atoms with E-state index < -0.39 is 11.9 Å². The van der Waals surface area contributed by atoms with Gasteiger partial charge >= 0.3 is 6.03 Å². The van der Waals surface area contributed by atoms with E-state index in [1.807, 2.05) is 6.07 Å². The number of benzene rings is 2. The van der Waals surface area contributed by atoms with Crippen molar-refractivity contribution >= 4 is 29.4 Å². The van der Waals surface area contributed by atoms with E-state index in [9.17, 15) is 19.2 Å². The molecule has 32 heavy (non-hydrogen) atoms. The van der Waals surface area contributed by atoms with Crippen LogP contribution >= 0.6 is 0 Å². The summed E-state index contributed by atoms with van der Waals surface area (Å²) < 4.78 is 5.12. The van der Waals surface area contributed by atoms with Crippen LogP contribution in [-0.2, 0) is 22.7 Å². The average Bonchev–Trinajstić information content (AvgIpc) is 3.11. The smallest absolute Gasteiger partial charge is 0.321 e. The molecule has 2 heterocycles. The van der Waals surface area contributed by atoms with Crippen molar-refractivity contribution in [2.24, 2.45) is 0 Å². The maximum absolute atomic E-state index is 12.9. The highest BCUT2D eigenvalue weighted by Crippen LogP contribution is 2.30. The Kier molecular flexibility index (Phi) is 5.81. The highest BCUT2D eigenvalue weighted by Gasteiger charge is 2.39. The van der Waals surface area contributed by atoms with Crippen LogP contribution in [0.15, 0.2) is 42.5 Å². The number of hydrogen-bond donors (Lipinski definition) is 2. The van der Waals surface area contributed by atoms with Crippen molar-refractivity contribution in [3.63, 3.8) is 0 Å². The summed E-state index contributed by atoms with van der Waals surface area (Å²) in [4.78, 5) is 52.3. The minimum Gasteiger partial charge on any atom is -0.497 e. The van der Waals surface area contributed by atoms with Crippen LogP contribution in [0.1, 0.15) is 34.3 Å². The van der Waals surface area contributed by atoms with E-state index in [0.29, 0.717) is 30.0 Å². The number of carbonyl (C=O) groups is 4. The van der Waals surface area contributed by atoms with Gasteiger partial charge in [-0.25, -0.2) is 4.79 Å². The summed E-state index contributed by atoms with van der Waals surface area (Å²) in [5, 5.41) is 5.13. The zero-order valence-electron chi connectivity index (χ0n) is 17.9. The van der Waals surface area contributed by atoms with E-state index >= 15 is 0 Å². The number of urea groups is 1. The molecule has 1 saturated heterocycles. The largest absolute Gasteiger partial charge is 0.497 e. The third kappa shape index (κ3) is 4.14. The normalized spacial score (nSPS) is 17.6. The van der Waals surface area contributed by atoms with Crippen molar-refractivity contribution in [1.29, 1.82) is 0 Å². The molecule has 2 aromatic carbocycles. The molecule has 4 rings (SSSR count). The van der Waals surface area contributed by atoms with E-state index in [2.05, 4.69) is 10.6 Å². The van der Waals surface area contributed by atoms with Crippen molar-refractivity contribution in [2.45, 2.75) is 32.0 Å². The Morgan fingerprint density at radius 1 is 1.19 bits per heavy atom. The first-order valence-corrected chi connectivity index (χ1v) is 10.3. The van der Waals surface area contributed by atoms with Crippen molar-refractivity contribution in [1.82, 2.24) is 15.1 Å². The van der Waals surface area contributed by atoms with Crippen LogP contribution in [0.4, 0.5) is 10.5 Å². The van der Waals surface area contributed by atoms with E-state index in [0.717, 1.165) is 11.1 Å². The minimum absolute atomic E-state index is 0.206. The second kappa shape index (κ2) is 8.70. The number of rotatable bonds is 5. The predicted molar refractivity (Wildman–Crippen MR) is 116 cm³/mol. The summed E-state index contributed by atoms with van der Waals surface area (Å²) in [6.45, 7) is 0.562. The molecule has 2 aliphatic rings. The fraction of sp³-hybridized carbons (Fsp3) is 0.304. The molecule has 2 N–H and O–H groups in total.